The smallest absolute Gasteiger partial charge is 0.271 e. The fourth-order valence-corrected chi connectivity index (χ4v) is 1.90. The minimum absolute atomic E-state index is 0.0155. The van der Waals surface area contributed by atoms with Crippen LogP contribution in [0.4, 0.5) is 27.1 Å². The second kappa shape index (κ2) is 6.75. The van der Waals surface area contributed by atoms with Crippen molar-refractivity contribution >= 4 is 40.1 Å². The SMILES string of the molecule is O=[N+]([O-])c1ccc(NC(=S)Nc2cc([N+](=O)[O-])ccc2F)cc1. The van der Waals surface area contributed by atoms with Crippen LogP contribution in [0.3, 0.4) is 0 Å². The minimum atomic E-state index is -0.705. The maximum Gasteiger partial charge on any atom is 0.271 e. The number of thiocarbonyl (C=S) groups is 1. The number of halogens is 1. The van der Waals surface area contributed by atoms with Gasteiger partial charge in [-0.05, 0) is 30.4 Å². The van der Waals surface area contributed by atoms with Crippen LogP contribution in [-0.2, 0) is 0 Å². The molecule has 0 aliphatic carbocycles. The molecule has 23 heavy (non-hydrogen) atoms. The fraction of sp³-hybridized carbons (Fsp3) is 0. The van der Waals surface area contributed by atoms with Crippen LogP contribution in [0, 0.1) is 26.0 Å². The van der Waals surface area contributed by atoms with Crippen LogP contribution >= 0.6 is 12.2 Å². The van der Waals surface area contributed by atoms with E-state index in [2.05, 4.69) is 10.6 Å². The third-order valence-corrected chi connectivity index (χ3v) is 2.95. The third kappa shape index (κ3) is 4.17. The number of nitro benzene ring substituents is 2. The summed E-state index contributed by atoms with van der Waals surface area (Å²) in [5.74, 6) is -0.705. The molecule has 0 aliphatic rings. The number of nitrogens with zero attached hydrogens (tertiary/aromatic N) is 2. The lowest BCUT2D eigenvalue weighted by Crippen LogP contribution is -2.19. The molecule has 0 saturated heterocycles. The van der Waals surface area contributed by atoms with Gasteiger partial charge < -0.3 is 10.6 Å². The van der Waals surface area contributed by atoms with E-state index in [1.165, 1.54) is 24.3 Å². The van der Waals surface area contributed by atoms with E-state index in [-0.39, 0.29) is 22.2 Å². The number of nitro groups is 2. The Morgan fingerprint density at radius 1 is 0.957 bits per heavy atom. The highest BCUT2D eigenvalue weighted by atomic mass is 32.1. The lowest BCUT2D eigenvalue weighted by molar-refractivity contribution is -0.385. The molecule has 0 aromatic heterocycles. The van der Waals surface area contributed by atoms with Gasteiger partial charge in [-0.1, -0.05) is 0 Å². The van der Waals surface area contributed by atoms with Crippen LogP contribution in [0.25, 0.3) is 0 Å². The molecule has 0 spiro atoms. The molecule has 0 unspecified atom stereocenters. The number of hydrogen-bond acceptors (Lipinski definition) is 5. The van der Waals surface area contributed by atoms with Crippen molar-refractivity contribution in [3.63, 3.8) is 0 Å². The summed E-state index contributed by atoms with van der Waals surface area (Å²) in [7, 11) is 0. The molecular formula is C13H9FN4O4S. The Labute approximate surface area is 134 Å². The Bertz CT molecular complexity index is 782. The maximum absolute atomic E-state index is 13.6. The Kier molecular flexibility index (Phi) is 4.76. The van der Waals surface area contributed by atoms with Crippen molar-refractivity contribution in [1.29, 1.82) is 0 Å². The standard InChI is InChI=1S/C13H9FN4O4S/c14-11-6-5-10(18(21)22)7-12(11)16-13(23)15-8-1-3-9(4-2-8)17(19)20/h1-7H,(H2,15,16,23). The first-order valence-corrected chi connectivity index (χ1v) is 6.54. The Morgan fingerprint density at radius 2 is 1.52 bits per heavy atom. The summed E-state index contributed by atoms with van der Waals surface area (Å²) in [5, 5.41) is 26.4. The lowest BCUT2D eigenvalue weighted by atomic mass is 10.2. The number of non-ortho nitro benzene ring substituents is 2. The Morgan fingerprint density at radius 3 is 2.09 bits per heavy atom. The van der Waals surface area contributed by atoms with Crippen molar-refractivity contribution in [3.8, 4) is 0 Å². The van der Waals surface area contributed by atoms with E-state index in [0.29, 0.717) is 5.69 Å². The van der Waals surface area contributed by atoms with Crippen molar-refractivity contribution in [3.05, 3.63) is 68.5 Å². The fourth-order valence-electron chi connectivity index (χ4n) is 1.67. The number of rotatable bonds is 4. The van der Waals surface area contributed by atoms with E-state index in [4.69, 9.17) is 12.2 Å². The van der Waals surface area contributed by atoms with Crippen molar-refractivity contribution in [1.82, 2.24) is 0 Å². The van der Waals surface area contributed by atoms with Gasteiger partial charge in [0.25, 0.3) is 11.4 Å². The summed E-state index contributed by atoms with van der Waals surface area (Å²) in [5.41, 5.74) is -0.0799. The van der Waals surface area contributed by atoms with Crippen molar-refractivity contribution < 1.29 is 14.2 Å². The van der Waals surface area contributed by atoms with Gasteiger partial charge in [-0.25, -0.2) is 4.39 Å². The normalized spacial score (nSPS) is 9.96. The van der Waals surface area contributed by atoms with Crippen LogP contribution in [0.5, 0.6) is 0 Å². The number of hydrogen-bond donors (Lipinski definition) is 2. The summed E-state index contributed by atoms with van der Waals surface area (Å²) in [6.45, 7) is 0. The first-order valence-electron chi connectivity index (χ1n) is 6.13. The van der Waals surface area contributed by atoms with Crippen molar-refractivity contribution in [2.75, 3.05) is 10.6 Å². The Hall–Kier alpha value is -3.14. The molecule has 2 aromatic rings. The second-order valence-electron chi connectivity index (χ2n) is 4.30. The first-order chi connectivity index (χ1) is 10.9. The highest BCUT2D eigenvalue weighted by molar-refractivity contribution is 7.80. The maximum atomic E-state index is 13.6. The van der Waals surface area contributed by atoms with Gasteiger partial charge in [0.1, 0.15) is 5.82 Å². The molecule has 10 heteroatoms. The first kappa shape index (κ1) is 16.2. The average molecular weight is 336 g/mol. The molecule has 0 saturated carbocycles. The van der Waals surface area contributed by atoms with Gasteiger partial charge in [-0.3, -0.25) is 20.2 Å². The highest BCUT2D eigenvalue weighted by Crippen LogP contribution is 2.22. The molecule has 0 amide bonds. The molecule has 0 heterocycles. The zero-order valence-corrected chi connectivity index (χ0v) is 12.2. The van der Waals surface area contributed by atoms with E-state index in [9.17, 15) is 24.6 Å². The predicted octanol–water partition coefficient (Wildman–Crippen LogP) is 3.45. The lowest BCUT2D eigenvalue weighted by Gasteiger charge is -2.11. The molecule has 0 fully saturated rings. The molecular weight excluding hydrogens is 327 g/mol. The van der Waals surface area contributed by atoms with Gasteiger partial charge in [-0.2, -0.15) is 0 Å². The van der Waals surface area contributed by atoms with Crippen LogP contribution in [0.2, 0.25) is 0 Å². The summed E-state index contributed by atoms with van der Waals surface area (Å²) in [6, 6.07) is 8.41. The van der Waals surface area contributed by atoms with Gasteiger partial charge >= 0.3 is 0 Å². The third-order valence-electron chi connectivity index (χ3n) is 2.74. The molecule has 8 nitrogen and oxygen atoms in total. The number of anilines is 2. The molecule has 118 valence electrons. The average Bonchev–Trinajstić information content (AvgIpc) is 2.49. The van der Waals surface area contributed by atoms with Crippen LogP contribution < -0.4 is 10.6 Å². The summed E-state index contributed by atoms with van der Waals surface area (Å²) < 4.78 is 13.6. The molecule has 0 atom stereocenters. The molecule has 2 aromatic carbocycles. The number of benzene rings is 2. The van der Waals surface area contributed by atoms with Gasteiger partial charge in [0.15, 0.2) is 5.11 Å². The second-order valence-corrected chi connectivity index (χ2v) is 4.71. The molecule has 0 bridgehead atoms. The minimum Gasteiger partial charge on any atom is -0.332 e. The summed E-state index contributed by atoms with van der Waals surface area (Å²) >= 11 is 4.98. The zero-order chi connectivity index (χ0) is 17.0. The molecule has 2 rings (SSSR count). The summed E-state index contributed by atoms with van der Waals surface area (Å²) in [4.78, 5) is 20.0. The van der Waals surface area contributed by atoms with Gasteiger partial charge in [0.05, 0.1) is 15.5 Å². The van der Waals surface area contributed by atoms with E-state index in [0.717, 1.165) is 18.2 Å². The van der Waals surface area contributed by atoms with Gasteiger partial charge in [-0.15, -0.1) is 0 Å². The largest absolute Gasteiger partial charge is 0.332 e. The monoisotopic (exact) mass is 336 g/mol. The number of nitrogens with one attached hydrogen (secondary N) is 2. The Balaban J connectivity index is 2.09. The molecule has 0 radical (unpaired) electrons. The van der Waals surface area contributed by atoms with E-state index < -0.39 is 15.7 Å². The van der Waals surface area contributed by atoms with Crippen LogP contribution in [0.15, 0.2) is 42.5 Å². The quantitative estimate of drug-likeness (QED) is 0.500. The topological polar surface area (TPSA) is 110 Å². The summed E-state index contributed by atoms with van der Waals surface area (Å²) in [6.07, 6.45) is 0. The van der Waals surface area contributed by atoms with Crippen molar-refractivity contribution in [2.24, 2.45) is 0 Å². The molecule has 0 aliphatic heterocycles. The van der Waals surface area contributed by atoms with Crippen LogP contribution in [-0.4, -0.2) is 15.0 Å². The van der Waals surface area contributed by atoms with E-state index in [1.807, 2.05) is 0 Å². The van der Waals surface area contributed by atoms with E-state index in [1.54, 1.807) is 0 Å². The van der Waals surface area contributed by atoms with Gasteiger partial charge in [0.2, 0.25) is 0 Å². The molecule has 2 N–H and O–H groups in total. The van der Waals surface area contributed by atoms with Crippen LogP contribution in [0.1, 0.15) is 0 Å². The predicted molar refractivity (Wildman–Crippen MR) is 86.0 cm³/mol. The van der Waals surface area contributed by atoms with Gasteiger partial charge in [0, 0.05) is 30.0 Å². The zero-order valence-electron chi connectivity index (χ0n) is 11.4. The van der Waals surface area contributed by atoms with Crippen molar-refractivity contribution in [2.45, 2.75) is 0 Å². The van der Waals surface area contributed by atoms with E-state index >= 15 is 0 Å². The highest BCUT2D eigenvalue weighted by Gasteiger charge is 2.12.